The molecule has 10 atom stereocenters. The average molecular weight is 820 g/mol. The number of Topliss-reactive ketones (excluding diaryl/α,β-unsaturated/α-hetero) is 1. The van der Waals surface area contributed by atoms with Gasteiger partial charge in [0.05, 0.1) is 11.8 Å². The van der Waals surface area contributed by atoms with Crippen molar-refractivity contribution >= 4 is 41.1 Å². The minimum Gasteiger partial charge on any atom is -0.481 e. The van der Waals surface area contributed by atoms with E-state index in [-0.39, 0.29) is 69.6 Å². The highest BCUT2D eigenvalue weighted by atomic mass is 35.5. The van der Waals surface area contributed by atoms with Gasteiger partial charge in [0.1, 0.15) is 6.10 Å². The summed E-state index contributed by atoms with van der Waals surface area (Å²) in [6.45, 7) is 20.8. The molecule has 0 saturated heterocycles. The number of carboxylic acid groups (broad SMARTS) is 1. The molecule has 5 saturated carbocycles. The van der Waals surface area contributed by atoms with E-state index in [1.165, 1.54) is 5.57 Å². The number of benzene rings is 1. The number of amides is 2. The summed E-state index contributed by atoms with van der Waals surface area (Å²) in [5.41, 5.74) is 1.45. The minimum atomic E-state index is -0.841. The molecule has 0 aromatic heterocycles. The Kier molecular flexibility index (Phi) is 10.9. The third kappa shape index (κ3) is 6.57. The Morgan fingerprint density at radius 1 is 0.810 bits per heavy atom. The summed E-state index contributed by atoms with van der Waals surface area (Å²) in [7, 11) is 0. The summed E-state index contributed by atoms with van der Waals surface area (Å²) >= 11 is 5.97. The monoisotopic (exact) mass is 818 g/mol. The van der Waals surface area contributed by atoms with Crippen LogP contribution in [0, 0.1) is 68.0 Å². The van der Waals surface area contributed by atoms with Crippen molar-refractivity contribution in [2.75, 3.05) is 13.1 Å². The van der Waals surface area contributed by atoms with E-state index >= 15 is 0 Å². The van der Waals surface area contributed by atoms with Gasteiger partial charge in [-0.1, -0.05) is 79.5 Å². The van der Waals surface area contributed by atoms with Gasteiger partial charge < -0.3 is 20.5 Å². The van der Waals surface area contributed by atoms with Crippen LogP contribution >= 0.6 is 11.6 Å². The van der Waals surface area contributed by atoms with Crippen LogP contribution in [0.4, 0.5) is 0 Å². The van der Waals surface area contributed by atoms with E-state index in [0.29, 0.717) is 48.4 Å². The maximum Gasteiger partial charge on any atom is 0.309 e. The van der Waals surface area contributed by atoms with Gasteiger partial charge >= 0.3 is 11.9 Å². The van der Waals surface area contributed by atoms with Crippen LogP contribution in [0.2, 0.25) is 5.02 Å². The van der Waals surface area contributed by atoms with E-state index in [2.05, 4.69) is 59.1 Å². The molecule has 0 radical (unpaired) electrons. The summed E-state index contributed by atoms with van der Waals surface area (Å²) in [6, 6.07) is 6.70. The van der Waals surface area contributed by atoms with Crippen LogP contribution in [-0.2, 0) is 23.9 Å². The van der Waals surface area contributed by atoms with E-state index < -0.39 is 28.6 Å². The zero-order valence-electron chi connectivity index (χ0n) is 36.3. The number of esters is 1. The van der Waals surface area contributed by atoms with Crippen LogP contribution in [0.5, 0.6) is 0 Å². The summed E-state index contributed by atoms with van der Waals surface area (Å²) in [5, 5.41) is 16.2. The molecule has 58 heavy (non-hydrogen) atoms. The fourth-order valence-corrected chi connectivity index (χ4v) is 14.7. The SMILES string of the molecule is CC(C)C1=C2[C@H]3CC[C@@H]4[C@@]5(C)CC[C@H](OC(=O)[C@H]6C[C@@H](C(=O)O)C6(C)C)C(C)(C)[C@@H]5CC[C@@]4(C)[C@]3(C)CC[C@@]2(CC(=O)NCCNC(=O)c2ccc(Cl)cc2)CC1=O. The third-order valence-corrected chi connectivity index (χ3v) is 18.2. The first-order valence-electron chi connectivity index (χ1n) is 22.0. The number of hydrogen-bond donors (Lipinski definition) is 3. The summed E-state index contributed by atoms with van der Waals surface area (Å²) < 4.78 is 6.41. The molecule has 7 rings (SSSR count). The van der Waals surface area contributed by atoms with Crippen molar-refractivity contribution in [1.82, 2.24) is 10.6 Å². The van der Waals surface area contributed by atoms with Crippen LogP contribution < -0.4 is 10.6 Å². The van der Waals surface area contributed by atoms with E-state index in [4.69, 9.17) is 16.3 Å². The second kappa shape index (κ2) is 14.8. The van der Waals surface area contributed by atoms with Crippen molar-refractivity contribution in [2.24, 2.45) is 68.0 Å². The molecule has 0 aliphatic heterocycles. The first kappa shape index (κ1) is 42.9. The molecule has 6 aliphatic carbocycles. The largest absolute Gasteiger partial charge is 0.481 e. The highest BCUT2D eigenvalue weighted by Gasteiger charge is 2.70. The molecule has 2 amide bonds. The zero-order valence-corrected chi connectivity index (χ0v) is 37.1. The van der Waals surface area contributed by atoms with E-state index in [1.807, 2.05) is 13.8 Å². The number of carbonyl (C=O) groups is 5. The molecule has 318 valence electrons. The number of halogens is 1. The number of hydrogen-bond acceptors (Lipinski definition) is 6. The fraction of sp³-hybridized carbons (Fsp3) is 0.729. The number of nitrogens with one attached hydrogen (secondary N) is 2. The van der Waals surface area contributed by atoms with Gasteiger partial charge in [-0.3, -0.25) is 24.0 Å². The van der Waals surface area contributed by atoms with Crippen molar-refractivity contribution in [3.05, 3.63) is 46.0 Å². The second-order valence-electron chi connectivity index (χ2n) is 21.6. The first-order chi connectivity index (χ1) is 27.0. The van der Waals surface area contributed by atoms with Crippen LogP contribution in [0.1, 0.15) is 143 Å². The fourth-order valence-electron chi connectivity index (χ4n) is 14.6. The number of fused-ring (bicyclic) bond motifs is 7. The lowest BCUT2D eigenvalue weighted by Gasteiger charge is -2.72. The Balaban J connectivity index is 1.07. The van der Waals surface area contributed by atoms with Gasteiger partial charge in [-0.2, -0.15) is 0 Å². The zero-order chi connectivity index (χ0) is 42.4. The maximum atomic E-state index is 14.1. The molecule has 1 aromatic rings. The number of allylic oxidation sites excluding steroid dienone is 2. The van der Waals surface area contributed by atoms with Crippen molar-refractivity contribution in [3.63, 3.8) is 0 Å². The molecule has 1 aromatic carbocycles. The van der Waals surface area contributed by atoms with Gasteiger partial charge in [-0.15, -0.1) is 0 Å². The average Bonchev–Trinajstić information content (AvgIpc) is 3.42. The lowest BCUT2D eigenvalue weighted by molar-refractivity contribution is -0.236. The minimum absolute atomic E-state index is 0.0278. The summed E-state index contributed by atoms with van der Waals surface area (Å²) in [6.07, 6.45) is 8.54. The van der Waals surface area contributed by atoms with Gasteiger partial charge in [0.15, 0.2) is 5.78 Å². The lowest BCUT2D eigenvalue weighted by atomic mass is 9.33. The first-order valence-corrected chi connectivity index (χ1v) is 22.4. The third-order valence-electron chi connectivity index (χ3n) is 18.0. The van der Waals surface area contributed by atoms with Crippen LogP contribution in [-0.4, -0.2) is 53.8 Å². The molecule has 9 nitrogen and oxygen atoms in total. The smallest absolute Gasteiger partial charge is 0.309 e. The molecule has 6 aliphatic rings. The standard InChI is InChI=1S/C48H67ClN2O7/c1-27(2)38-33(52)25-48(26-37(53)50-22-23-51-40(54)28-10-12-29(49)13-11-28)21-20-46(8)30(39(38)48)14-15-35-45(7)18-17-36(44(5,6)34(45)16-19-47(35,46)9)58-42(57)32-24-31(41(55)56)43(32,3)4/h10-13,27,30-32,34-36H,14-26H2,1-9H3,(H,50,53)(H,51,54)(H,55,56)/t30-,31+,32-,34+,35-,36+,45+,46-,47-,48+/m1/s1. The van der Waals surface area contributed by atoms with E-state index in [1.54, 1.807) is 24.3 Å². The van der Waals surface area contributed by atoms with Crippen LogP contribution in [0.15, 0.2) is 35.4 Å². The molecule has 0 unspecified atom stereocenters. The van der Waals surface area contributed by atoms with Crippen molar-refractivity contribution < 1.29 is 33.8 Å². The molecule has 0 heterocycles. The summed E-state index contributed by atoms with van der Waals surface area (Å²) in [4.78, 5) is 65.8. The molecular weight excluding hydrogens is 752 g/mol. The highest BCUT2D eigenvalue weighted by molar-refractivity contribution is 6.30. The van der Waals surface area contributed by atoms with Gasteiger partial charge in [0.2, 0.25) is 5.91 Å². The quantitative estimate of drug-likeness (QED) is 0.158. The van der Waals surface area contributed by atoms with Crippen molar-refractivity contribution in [2.45, 2.75) is 139 Å². The van der Waals surface area contributed by atoms with Gasteiger partial charge in [0, 0.05) is 47.3 Å². The number of aliphatic carboxylic acids is 1. The highest BCUT2D eigenvalue weighted by Crippen LogP contribution is 2.77. The van der Waals surface area contributed by atoms with E-state index in [9.17, 15) is 29.1 Å². The number of ether oxygens (including phenoxy) is 1. The van der Waals surface area contributed by atoms with Crippen molar-refractivity contribution in [1.29, 1.82) is 0 Å². The molecule has 5 fully saturated rings. The van der Waals surface area contributed by atoms with Crippen molar-refractivity contribution in [3.8, 4) is 0 Å². The topological polar surface area (TPSA) is 139 Å². The molecule has 0 spiro atoms. The van der Waals surface area contributed by atoms with E-state index in [0.717, 1.165) is 56.9 Å². The van der Waals surface area contributed by atoms with Gasteiger partial charge in [-0.05, 0) is 133 Å². The molecule has 0 bridgehead atoms. The van der Waals surface area contributed by atoms with Crippen LogP contribution in [0.25, 0.3) is 0 Å². The Morgan fingerprint density at radius 2 is 1.48 bits per heavy atom. The Hall–Kier alpha value is -3.20. The normalized spacial score (nSPS) is 38.4. The number of carboxylic acids is 1. The Bertz CT molecular complexity index is 1900. The number of ketones is 1. The van der Waals surface area contributed by atoms with Crippen LogP contribution in [0.3, 0.4) is 0 Å². The number of rotatable bonds is 10. The predicted molar refractivity (Wildman–Crippen MR) is 224 cm³/mol. The molecule has 10 heteroatoms. The molecule has 3 N–H and O–H groups in total. The Morgan fingerprint density at radius 3 is 2.12 bits per heavy atom. The van der Waals surface area contributed by atoms with Gasteiger partial charge in [-0.25, -0.2) is 0 Å². The summed E-state index contributed by atoms with van der Waals surface area (Å²) in [5.74, 6) is -0.943. The number of carbonyl (C=O) groups excluding carboxylic acids is 4. The molecular formula is C48H67ClN2O7. The Labute approximate surface area is 350 Å². The lowest BCUT2D eigenvalue weighted by Crippen LogP contribution is -2.66. The second-order valence-corrected chi connectivity index (χ2v) is 22.0. The van der Waals surface area contributed by atoms with Gasteiger partial charge in [0.25, 0.3) is 5.91 Å². The maximum absolute atomic E-state index is 14.1. The predicted octanol–water partition coefficient (Wildman–Crippen LogP) is 9.22.